The summed E-state index contributed by atoms with van der Waals surface area (Å²) in [7, 11) is 0. The van der Waals surface area contributed by atoms with Crippen molar-refractivity contribution >= 4 is 17.8 Å². The average Bonchev–Trinajstić information content (AvgIpc) is 2.46. The summed E-state index contributed by atoms with van der Waals surface area (Å²) in [5.41, 5.74) is -0.0260. The third-order valence-corrected chi connectivity index (χ3v) is 3.97. The SMILES string of the molecule is CC(CCN1C(=O)NC(=O)C(C)(C)C1=O)c1ccccc1. The fourth-order valence-electron chi connectivity index (χ4n) is 2.32. The van der Waals surface area contributed by atoms with E-state index in [-0.39, 0.29) is 5.92 Å². The van der Waals surface area contributed by atoms with Gasteiger partial charge in [-0.2, -0.15) is 0 Å². The van der Waals surface area contributed by atoms with Crippen molar-refractivity contribution < 1.29 is 14.4 Å². The molecular weight excluding hydrogens is 268 g/mol. The molecule has 1 aliphatic rings. The zero-order valence-corrected chi connectivity index (χ0v) is 12.6. The Hall–Kier alpha value is -2.17. The Morgan fingerprint density at radius 1 is 1.14 bits per heavy atom. The lowest BCUT2D eigenvalue weighted by atomic mass is 9.88. The predicted molar refractivity (Wildman–Crippen MR) is 78.5 cm³/mol. The van der Waals surface area contributed by atoms with E-state index in [1.165, 1.54) is 13.8 Å². The molecule has 0 aliphatic carbocycles. The fourth-order valence-corrected chi connectivity index (χ4v) is 2.32. The first-order valence-electron chi connectivity index (χ1n) is 7.06. The Balaban J connectivity index is 2.04. The maximum absolute atomic E-state index is 12.3. The molecule has 1 aromatic rings. The Morgan fingerprint density at radius 3 is 2.38 bits per heavy atom. The molecule has 4 amide bonds. The van der Waals surface area contributed by atoms with E-state index < -0.39 is 23.3 Å². The molecule has 0 bridgehead atoms. The van der Waals surface area contributed by atoms with Crippen LogP contribution in [-0.4, -0.2) is 29.3 Å². The van der Waals surface area contributed by atoms with Gasteiger partial charge in [0.05, 0.1) is 0 Å². The molecule has 1 heterocycles. The highest BCUT2D eigenvalue weighted by Crippen LogP contribution is 2.25. The molecule has 1 saturated heterocycles. The lowest BCUT2D eigenvalue weighted by molar-refractivity contribution is -0.149. The predicted octanol–water partition coefficient (Wildman–Crippen LogP) is 2.28. The van der Waals surface area contributed by atoms with Gasteiger partial charge in [-0.15, -0.1) is 0 Å². The zero-order valence-electron chi connectivity index (χ0n) is 12.6. The van der Waals surface area contributed by atoms with E-state index >= 15 is 0 Å². The monoisotopic (exact) mass is 288 g/mol. The Bertz CT molecular complexity index is 566. The lowest BCUT2D eigenvalue weighted by Gasteiger charge is -2.35. The topological polar surface area (TPSA) is 66.5 Å². The van der Waals surface area contributed by atoms with E-state index in [4.69, 9.17) is 0 Å². The summed E-state index contributed by atoms with van der Waals surface area (Å²) in [6.45, 7) is 5.42. The smallest absolute Gasteiger partial charge is 0.277 e. The molecule has 0 spiro atoms. The van der Waals surface area contributed by atoms with Gasteiger partial charge in [0.1, 0.15) is 5.41 Å². The molecular formula is C16H20N2O3. The number of barbiturate groups is 1. The van der Waals surface area contributed by atoms with Crippen LogP contribution in [-0.2, 0) is 9.59 Å². The van der Waals surface area contributed by atoms with Crippen LogP contribution in [0.25, 0.3) is 0 Å². The molecule has 1 unspecified atom stereocenters. The molecule has 1 aromatic carbocycles. The Kier molecular flexibility index (Phi) is 4.11. The summed E-state index contributed by atoms with van der Waals surface area (Å²) in [4.78, 5) is 36.9. The van der Waals surface area contributed by atoms with Gasteiger partial charge in [-0.1, -0.05) is 37.3 Å². The summed E-state index contributed by atoms with van der Waals surface area (Å²) >= 11 is 0. The van der Waals surface area contributed by atoms with Gasteiger partial charge in [-0.3, -0.25) is 19.8 Å². The number of benzene rings is 1. The number of amides is 4. The van der Waals surface area contributed by atoms with Crippen molar-refractivity contribution in [2.45, 2.75) is 33.1 Å². The standard InChI is InChI=1S/C16H20N2O3/c1-11(12-7-5-4-6-8-12)9-10-18-14(20)16(2,3)13(19)17-15(18)21/h4-8,11H,9-10H2,1-3H3,(H,17,19,21). The second-order valence-electron chi connectivity index (χ2n) is 5.94. The third-order valence-electron chi connectivity index (χ3n) is 3.97. The number of carbonyl (C=O) groups is 3. The molecule has 1 atom stereocenters. The summed E-state index contributed by atoms with van der Waals surface area (Å²) in [6, 6.07) is 9.31. The first-order chi connectivity index (χ1) is 9.84. The first-order valence-corrected chi connectivity index (χ1v) is 7.06. The number of nitrogens with one attached hydrogen (secondary N) is 1. The van der Waals surface area contributed by atoms with Gasteiger partial charge in [0.25, 0.3) is 0 Å². The van der Waals surface area contributed by atoms with Crippen molar-refractivity contribution in [1.29, 1.82) is 0 Å². The van der Waals surface area contributed by atoms with Gasteiger partial charge in [0.2, 0.25) is 11.8 Å². The normalized spacial score (nSPS) is 19.4. The zero-order chi connectivity index (χ0) is 15.6. The lowest BCUT2D eigenvalue weighted by Crippen LogP contribution is -2.62. The maximum atomic E-state index is 12.3. The minimum atomic E-state index is -1.19. The van der Waals surface area contributed by atoms with Crippen LogP contribution in [0.2, 0.25) is 0 Å². The van der Waals surface area contributed by atoms with Crippen molar-refractivity contribution in [3.63, 3.8) is 0 Å². The van der Waals surface area contributed by atoms with Crippen LogP contribution < -0.4 is 5.32 Å². The summed E-state index contributed by atoms with van der Waals surface area (Å²) in [5.74, 6) is -0.742. The van der Waals surface area contributed by atoms with Crippen LogP contribution in [0, 0.1) is 5.41 Å². The van der Waals surface area contributed by atoms with E-state index in [9.17, 15) is 14.4 Å². The second-order valence-corrected chi connectivity index (χ2v) is 5.94. The Morgan fingerprint density at radius 2 is 1.76 bits per heavy atom. The molecule has 1 N–H and O–H groups in total. The second kappa shape index (κ2) is 5.68. The van der Waals surface area contributed by atoms with Crippen LogP contribution in [0.5, 0.6) is 0 Å². The van der Waals surface area contributed by atoms with Crippen LogP contribution in [0.4, 0.5) is 4.79 Å². The number of rotatable bonds is 4. The van der Waals surface area contributed by atoms with Crippen LogP contribution in [0.3, 0.4) is 0 Å². The third kappa shape index (κ3) is 2.96. The van der Waals surface area contributed by atoms with Crippen LogP contribution >= 0.6 is 0 Å². The summed E-state index contributed by atoms with van der Waals surface area (Å²) in [5, 5.41) is 2.24. The van der Waals surface area contributed by atoms with E-state index in [1.54, 1.807) is 0 Å². The van der Waals surface area contributed by atoms with Crippen LogP contribution in [0.15, 0.2) is 30.3 Å². The number of urea groups is 1. The quantitative estimate of drug-likeness (QED) is 0.864. The van der Waals surface area contributed by atoms with Gasteiger partial charge >= 0.3 is 6.03 Å². The summed E-state index contributed by atoms with van der Waals surface area (Å²) < 4.78 is 0. The van der Waals surface area contributed by atoms with E-state index in [0.717, 1.165) is 10.5 Å². The van der Waals surface area contributed by atoms with Crippen molar-refractivity contribution in [2.75, 3.05) is 6.54 Å². The highest BCUT2D eigenvalue weighted by molar-refractivity contribution is 6.18. The number of carbonyl (C=O) groups excluding carboxylic acids is 3. The minimum Gasteiger partial charge on any atom is -0.277 e. The maximum Gasteiger partial charge on any atom is 0.330 e. The molecule has 1 aliphatic heterocycles. The molecule has 112 valence electrons. The van der Waals surface area contributed by atoms with Gasteiger partial charge < -0.3 is 0 Å². The molecule has 2 rings (SSSR count). The average molecular weight is 288 g/mol. The van der Waals surface area contributed by atoms with E-state index in [1.807, 2.05) is 30.3 Å². The van der Waals surface area contributed by atoms with Crippen LogP contribution in [0.1, 0.15) is 38.7 Å². The molecule has 0 aromatic heterocycles. The highest BCUT2D eigenvalue weighted by atomic mass is 16.2. The van der Waals surface area contributed by atoms with Gasteiger partial charge in [0.15, 0.2) is 0 Å². The largest absolute Gasteiger partial charge is 0.330 e. The van der Waals surface area contributed by atoms with Crippen molar-refractivity contribution in [3.05, 3.63) is 35.9 Å². The minimum absolute atomic E-state index is 0.229. The molecule has 5 heteroatoms. The Labute approximate surface area is 124 Å². The van der Waals surface area contributed by atoms with Crippen molar-refractivity contribution in [1.82, 2.24) is 10.2 Å². The number of imide groups is 2. The van der Waals surface area contributed by atoms with Crippen molar-refractivity contribution in [3.8, 4) is 0 Å². The van der Waals surface area contributed by atoms with Gasteiger partial charge in [-0.05, 0) is 31.7 Å². The van der Waals surface area contributed by atoms with E-state index in [2.05, 4.69) is 12.2 Å². The number of nitrogens with zero attached hydrogens (tertiary/aromatic N) is 1. The van der Waals surface area contributed by atoms with Crippen molar-refractivity contribution in [2.24, 2.45) is 5.41 Å². The first kappa shape index (κ1) is 15.2. The number of hydrogen-bond acceptors (Lipinski definition) is 3. The molecule has 0 saturated carbocycles. The molecule has 21 heavy (non-hydrogen) atoms. The van der Waals surface area contributed by atoms with Gasteiger partial charge in [-0.25, -0.2) is 4.79 Å². The van der Waals surface area contributed by atoms with E-state index in [0.29, 0.717) is 13.0 Å². The van der Waals surface area contributed by atoms with Gasteiger partial charge in [0, 0.05) is 6.54 Å². The molecule has 0 radical (unpaired) electrons. The highest BCUT2D eigenvalue weighted by Gasteiger charge is 2.46. The molecule has 1 fully saturated rings. The molecule has 5 nitrogen and oxygen atoms in total. The summed E-state index contributed by atoms with van der Waals surface area (Å²) in [6.07, 6.45) is 0.660. The number of hydrogen-bond donors (Lipinski definition) is 1. The fraction of sp³-hybridized carbons (Fsp3) is 0.438.